The molecule has 0 radical (unpaired) electrons. The number of carbonyl (C=O) groups excluding carboxylic acids is 1. The van der Waals surface area contributed by atoms with Gasteiger partial charge in [0.2, 0.25) is 5.91 Å². The molecule has 0 spiro atoms. The first kappa shape index (κ1) is 8.94. The lowest BCUT2D eigenvalue weighted by atomic mass is 10.4. The quantitative estimate of drug-likeness (QED) is 0.605. The van der Waals surface area contributed by atoms with Crippen LogP contribution in [0.3, 0.4) is 0 Å². The van der Waals surface area contributed by atoms with E-state index in [1.54, 1.807) is 6.92 Å². The number of amides is 1. The maximum Gasteiger partial charge on any atom is 0.323 e. The van der Waals surface area contributed by atoms with Gasteiger partial charge in [0, 0.05) is 13.5 Å². The van der Waals surface area contributed by atoms with E-state index in [4.69, 9.17) is 5.11 Å². The molecule has 0 aromatic carbocycles. The van der Waals surface area contributed by atoms with Crippen LogP contribution in [0.4, 0.5) is 0 Å². The Morgan fingerprint density at radius 2 is 2.00 bits per heavy atom. The molecule has 0 atom stereocenters. The fourth-order valence-corrected chi connectivity index (χ4v) is 0.561. The minimum absolute atomic E-state index is 0.151. The highest BCUT2D eigenvalue weighted by Crippen LogP contribution is 1.87. The summed E-state index contributed by atoms with van der Waals surface area (Å²) < 4.78 is 0. The number of carboxylic acid groups (broad SMARTS) is 1. The minimum Gasteiger partial charge on any atom is -0.480 e. The van der Waals surface area contributed by atoms with E-state index in [9.17, 15) is 9.59 Å². The fourth-order valence-electron chi connectivity index (χ4n) is 0.561. The van der Waals surface area contributed by atoms with Crippen molar-refractivity contribution >= 4 is 11.9 Å². The molecule has 0 aromatic heterocycles. The monoisotopic (exact) mass is 145 g/mol. The summed E-state index contributed by atoms with van der Waals surface area (Å²) in [7, 11) is 1.47. The Kier molecular flexibility index (Phi) is 3.46. The van der Waals surface area contributed by atoms with Crippen LogP contribution in [0.15, 0.2) is 0 Å². The predicted octanol–water partition coefficient (Wildman–Crippen LogP) is -0.0606. The Hall–Kier alpha value is -1.06. The first-order valence-electron chi connectivity index (χ1n) is 3.03. The van der Waals surface area contributed by atoms with Crippen LogP contribution < -0.4 is 0 Å². The lowest BCUT2D eigenvalue weighted by molar-refractivity contribution is -0.143. The van der Waals surface area contributed by atoms with Gasteiger partial charge in [0.1, 0.15) is 6.54 Å². The van der Waals surface area contributed by atoms with Gasteiger partial charge in [0.25, 0.3) is 0 Å². The van der Waals surface area contributed by atoms with Gasteiger partial charge in [0.15, 0.2) is 0 Å². The molecule has 0 aliphatic rings. The topological polar surface area (TPSA) is 57.6 Å². The van der Waals surface area contributed by atoms with Gasteiger partial charge in [-0.05, 0) is 0 Å². The second kappa shape index (κ2) is 3.87. The van der Waals surface area contributed by atoms with Crippen molar-refractivity contribution in [3.8, 4) is 0 Å². The smallest absolute Gasteiger partial charge is 0.323 e. The number of carboxylic acids is 1. The molecule has 4 nitrogen and oxygen atoms in total. The van der Waals surface area contributed by atoms with Gasteiger partial charge >= 0.3 is 5.97 Å². The van der Waals surface area contributed by atoms with Crippen molar-refractivity contribution in [2.45, 2.75) is 13.3 Å². The standard InChI is InChI=1S/C6H11NO3/c1-3-5(8)7(2)4-6(9)10/h3-4H2,1-2H3,(H,9,10). The van der Waals surface area contributed by atoms with E-state index >= 15 is 0 Å². The van der Waals surface area contributed by atoms with Gasteiger partial charge in [-0.3, -0.25) is 9.59 Å². The Labute approximate surface area is 59.4 Å². The maximum atomic E-state index is 10.7. The molecule has 0 aliphatic carbocycles. The van der Waals surface area contributed by atoms with Crippen LogP contribution >= 0.6 is 0 Å². The highest BCUT2D eigenvalue weighted by Gasteiger charge is 2.08. The average molecular weight is 145 g/mol. The summed E-state index contributed by atoms with van der Waals surface area (Å²) in [4.78, 5) is 21.9. The van der Waals surface area contributed by atoms with Crippen molar-refractivity contribution in [1.82, 2.24) is 4.90 Å². The van der Waals surface area contributed by atoms with E-state index in [1.807, 2.05) is 0 Å². The van der Waals surface area contributed by atoms with Crippen molar-refractivity contribution in [3.05, 3.63) is 0 Å². The first-order chi connectivity index (χ1) is 4.57. The van der Waals surface area contributed by atoms with Gasteiger partial charge in [-0.2, -0.15) is 0 Å². The van der Waals surface area contributed by atoms with Crippen LogP contribution in [-0.2, 0) is 9.59 Å². The molecule has 0 bridgehead atoms. The third kappa shape index (κ3) is 3.06. The van der Waals surface area contributed by atoms with Crippen molar-refractivity contribution in [2.24, 2.45) is 0 Å². The van der Waals surface area contributed by atoms with Gasteiger partial charge in [-0.15, -0.1) is 0 Å². The number of hydrogen-bond donors (Lipinski definition) is 1. The number of hydrogen-bond acceptors (Lipinski definition) is 2. The number of carbonyl (C=O) groups is 2. The van der Waals surface area contributed by atoms with E-state index in [2.05, 4.69) is 0 Å². The van der Waals surface area contributed by atoms with Gasteiger partial charge < -0.3 is 10.0 Å². The zero-order valence-corrected chi connectivity index (χ0v) is 6.13. The first-order valence-corrected chi connectivity index (χ1v) is 3.03. The number of rotatable bonds is 3. The molecule has 1 amide bonds. The molecule has 0 heterocycles. The second-order valence-corrected chi connectivity index (χ2v) is 2.00. The molecular formula is C6H11NO3. The zero-order chi connectivity index (χ0) is 8.15. The number of likely N-dealkylation sites (N-methyl/N-ethyl adjacent to an activating group) is 1. The van der Waals surface area contributed by atoms with E-state index in [1.165, 1.54) is 11.9 Å². The molecule has 4 heteroatoms. The van der Waals surface area contributed by atoms with E-state index < -0.39 is 5.97 Å². The van der Waals surface area contributed by atoms with Crippen LogP contribution in [0, 0.1) is 0 Å². The second-order valence-electron chi connectivity index (χ2n) is 2.00. The molecule has 0 saturated carbocycles. The normalized spacial score (nSPS) is 9.00. The molecular weight excluding hydrogens is 134 g/mol. The van der Waals surface area contributed by atoms with Crippen LogP contribution in [0.2, 0.25) is 0 Å². The molecule has 0 rings (SSSR count). The van der Waals surface area contributed by atoms with Crippen molar-refractivity contribution in [1.29, 1.82) is 0 Å². The fraction of sp³-hybridized carbons (Fsp3) is 0.667. The third-order valence-electron chi connectivity index (χ3n) is 1.10. The highest BCUT2D eigenvalue weighted by molar-refractivity contribution is 5.80. The van der Waals surface area contributed by atoms with Crippen LogP contribution in [0.1, 0.15) is 13.3 Å². The van der Waals surface area contributed by atoms with Crippen molar-refractivity contribution < 1.29 is 14.7 Å². The van der Waals surface area contributed by atoms with Gasteiger partial charge in [0.05, 0.1) is 0 Å². The number of aliphatic carboxylic acids is 1. The molecule has 0 aromatic rings. The van der Waals surface area contributed by atoms with E-state index in [-0.39, 0.29) is 12.5 Å². The Balaban J connectivity index is 3.72. The summed E-state index contributed by atoms with van der Waals surface area (Å²) in [6.45, 7) is 1.48. The van der Waals surface area contributed by atoms with Crippen LogP contribution in [-0.4, -0.2) is 35.5 Å². The van der Waals surface area contributed by atoms with Crippen molar-refractivity contribution in [3.63, 3.8) is 0 Å². The molecule has 0 saturated heterocycles. The summed E-state index contributed by atoms with van der Waals surface area (Å²) in [5.41, 5.74) is 0. The third-order valence-corrected chi connectivity index (χ3v) is 1.10. The lowest BCUT2D eigenvalue weighted by Crippen LogP contribution is -2.31. The van der Waals surface area contributed by atoms with Crippen LogP contribution in [0.25, 0.3) is 0 Å². The summed E-state index contributed by atoms with van der Waals surface area (Å²) in [5, 5.41) is 8.23. The van der Waals surface area contributed by atoms with Crippen LogP contribution in [0.5, 0.6) is 0 Å². The Bertz CT molecular complexity index is 144. The van der Waals surface area contributed by atoms with Crippen molar-refractivity contribution in [2.75, 3.05) is 13.6 Å². The molecule has 0 aliphatic heterocycles. The summed E-state index contributed by atoms with van der Waals surface area (Å²) >= 11 is 0. The molecule has 10 heavy (non-hydrogen) atoms. The highest BCUT2D eigenvalue weighted by atomic mass is 16.4. The molecule has 1 N–H and O–H groups in total. The lowest BCUT2D eigenvalue weighted by Gasteiger charge is -2.12. The Morgan fingerprint density at radius 3 is 2.30 bits per heavy atom. The summed E-state index contributed by atoms with van der Waals surface area (Å²) in [5.74, 6) is -1.13. The largest absolute Gasteiger partial charge is 0.480 e. The molecule has 58 valence electrons. The summed E-state index contributed by atoms with van der Waals surface area (Å²) in [6.07, 6.45) is 0.351. The SMILES string of the molecule is CCC(=O)N(C)CC(=O)O. The Morgan fingerprint density at radius 1 is 1.50 bits per heavy atom. The molecule has 0 fully saturated rings. The summed E-state index contributed by atoms with van der Waals surface area (Å²) in [6, 6.07) is 0. The van der Waals surface area contributed by atoms with E-state index in [0.717, 1.165) is 0 Å². The number of nitrogens with zero attached hydrogens (tertiary/aromatic N) is 1. The molecule has 0 unspecified atom stereocenters. The zero-order valence-electron chi connectivity index (χ0n) is 6.13. The van der Waals surface area contributed by atoms with Gasteiger partial charge in [-0.25, -0.2) is 0 Å². The average Bonchev–Trinajstić information content (AvgIpc) is 1.85. The predicted molar refractivity (Wildman–Crippen MR) is 35.6 cm³/mol. The van der Waals surface area contributed by atoms with Gasteiger partial charge in [-0.1, -0.05) is 6.92 Å². The van der Waals surface area contributed by atoms with E-state index in [0.29, 0.717) is 6.42 Å². The maximum absolute atomic E-state index is 10.7. The minimum atomic E-state index is -0.982.